The molecule has 0 N–H and O–H groups in total. The number of halogens is 7. The molecule has 8 heteroatoms. The molecule has 0 amide bonds. The molecule has 5 unspecified atom stereocenters. The highest BCUT2D eigenvalue weighted by Gasteiger charge is 2.56. The Morgan fingerprint density at radius 2 is 1.19 bits per heavy atom. The topological polar surface area (TPSA) is 9.23 Å². The Labute approximate surface area is 155 Å². The first-order chi connectivity index (χ1) is 12.7. The van der Waals surface area contributed by atoms with Gasteiger partial charge in [0.15, 0.2) is 0 Å². The largest absolute Gasteiger partial charge is 0.364 e. The SMILES string of the molecule is FC1CCC(OC(F)(F)C2C(F)CC(C3CCC(F)CC3F)CC2F)CC1. The van der Waals surface area contributed by atoms with E-state index in [9.17, 15) is 30.7 Å². The Hall–Kier alpha value is -0.530. The third-order valence-corrected chi connectivity index (χ3v) is 6.52. The van der Waals surface area contributed by atoms with Crippen LogP contribution in [-0.4, -0.2) is 43.1 Å². The number of alkyl halides is 7. The highest BCUT2D eigenvalue weighted by molar-refractivity contribution is 4.96. The van der Waals surface area contributed by atoms with Gasteiger partial charge in [-0.1, -0.05) is 0 Å². The van der Waals surface area contributed by atoms with Crippen molar-refractivity contribution in [1.82, 2.24) is 0 Å². The molecule has 3 aliphatic carbocycles. The van der Waals surface area contributed by atoms with Crippen LogP contribution in [0.25, 0.3) is 0 Å². The summed E-state index contributed by atoms with van der Waals surface area (Å²) in [5.41, 5.74) is 0. The second-order valence-electron chi connectivity index (χ2n) is 8.43. The summed E-state index contributed by atoms with van der Waals surface area (Å²) in [5, 5.41) is 0. The molecule has 1 nitrogen and oxygen atoms in total. The minimum Gasteiger partial charge on any atom is -0.317 e. The molecule has 0 aromatic heterocycles. The Morgan fingerprint density at radius 1 is 0.630 bits per heavy atom. The van der Waals surface area contributed by atoms with Crippen LogP contribution in [0.3, 0.4) is 0 Å². The molecule has 3 rings (SSSR count). The van der Waals surface area contributed by atoms with E-state index in [1.54, 1.807) is 0 Å². The van der Waals surface area contributed by atoms with Gasteiger partial charge in [0.25, 0.3) is 0 Å². The van der Waals surface area contributed by atoms with Crippen LogP contribution in [0.15, 0.2) is 0 Å². The number of hydrogen-bond donors (Lipinski definition) is 0. The monoisotopic (exact) mass is 404 g/mol. The lowest BCUT2D eigenvalue weighted by molar-refractivity contribution is -0.320. The van der Waals surface area contributed by atoms with Gasteiger partial charge in [-0.2, -0.15) is 8.78 Å². The van der Waals surface area contributed by atoms with E-state index in [1.165, 1.54) is 0 Å². The van der Waals surface area contributed by atoms with Crippen molar-refractivity contribution in [3.63, 3.8) is 0 Å². The van der Waals surface area contributed by atoms with Gasteiger partial charge in [0.2, 0.25) is 0 Å². The summed E-state index contributed by atoms with van der Waals surface area (Å²) in [6.07, 6.45) is -13.4. The lowest BCUT2D eigenvalue weighted by Gasteiger charge is -2.43. The molecule has 0 spiro atoms. The molecule has 5 atom stereocenters. The summed E-state index contributed by atoms with van der Waals surface area (Å²) in [6.45, 7) is 0. The smallest absolute Gasteiger partial charge is 0.317 e. The zero-order valence-corrected chi connectivity index (χ0v) is 15.1. The summed E-state index contributed by atoms with van der Waals surface area (Å²) in [5.74, 6) is -3.65. The van der Waals surface area contributed by atoms with Crippen LogP contribution in [0.5, 0.6) is 0 Å². The van der Waals surface area contributed by atoms with Crippen molar-refractivity contribution in [3.8, 4) is 0 Å². The van der Waals surface area contributed by atoms with E-state index >= 15 is 0 Å². The first-order valence-electron chi connectivity index (χ1n) is 9.93. The van der Waals surface area contributed by atoms with Crippen molar-refractivity contribution in [2.24, 2.45) is 17.8 Å². The normalized spacial score (nSPS) is 47.0. The molecule has 3 fully saturated rings. The van der Waals surface area contributed by atoms with Crippen molar-refractivity contribution >= 4 is 0 Å². The van der Waals surface area contributed by atoms with Crippen molar-refractivity contribution in [1.29, 1.82) is 0 Å². The van der Waals surface area contributed by atoms with Gasteiger partial charge in [-0.25, -0.2) is 22.0 Å². The van der Waals surface area contributed by atoms with Crippen molar-refractivity contribution in [2.45, 2.75) is 101 Å². The molecular formula is C19H27F7O. The minimum atomic E-state index is -4.00. The van der Waals surface area contributed by atoms with Crippen molar-refractivity contribution in [3.05, 3.63) is 0 Å². The van der Waals surface area contributed by atoms with Crippen LogP contribution in [-0.2, 0) is 4.74 Å². The minimum absolute atomic E-state index is 0.0933. The maximum Gasteiger partial charge on any atom is 0.364 e. The second kappa shape index (κ2) is 8.46. The van der Waals surface area contributed by atoms with Crippen LogP contribution in [0.1, 0.15) is 57.8 Å². The fourth-order valence-electron chi connectivity index (χ4n) is 5.03. The molecule has 0 aromatic rings. The standard InChI is InChI=1S/C19H27F7O/c20-11-1-4-13(5-2-11)27-19(25,26)18-16(23)7-10(8-17(18)24)14-6-3-12(21)9-15(14)22/h10-18H,1-9H2. The van der Waals surface area contributed by atoms with E-state index in [-0.39, 0.29) is 57.8 Å². The predicted molar refractivity (Wildman–Crippen MR) is 86.3 cm³/mol. The molecule has 0 aliphatic heterocycles. The molecule has 0 heterocycles. The van der Waals surface area contributed by atoms with E-state index in [2.05, 4.69) is 0 Å². The van der Waals surface area contributed by atoms with Gasteiger partial charge in [-0.15, -0.1) is 0 Å². The van der Waals surface area contributed by atoms with Gasteiger partial charge in [0, 0.05) is 6.42 Å². The molecule has 0 aromatic carbocycles. The number of hydrogen-bond acceptors (Lipinski definition) is 1. The molecule has 0 saturated heterocycles. The molecule has 0 radical (unpaired) electrons. The molecule has 27 heavy (non-hydrogen) atoms. The summed E-state index contributed by atoms with van der Waals surface area (Å²) in [4.78, 5) is 0. The van der Waals surface area contributed by atoms with E-state index in [0.717, 1.165) is 0 Å². The summed E-state index contributed by atoms with van der Waals surface area (Å²) >= 11 is 0. The highest BCUT2D eigenvalue weighted by Crippen LogP contribution is 2.48. The zero-order chi connectivity index (χ0) is 19.8. The van der Waals surface area contributed by atoms with Gasteiger partial charge in [-0.3, -0.25) is 0 Å². The van der Waals surface area contributed by atoms with Crippen LogP contribution in [0.2, 0.25) is 0 Å². The highest BCUT2D eigenvalue weighted by atomic mass is 19.3. The first kappa shape index (κ1) is 21.2. The average molecular weight is 404 g/mol. The maximum absolute atomic E-state index is 14.6. The van der Waals surface area contributed by atoms with Gasteiger partial charge < -0.3 is 4.74 Å². The van der Waals surface area contributed by atoms with Gasteiger partial charge in [-0.05, 0) is 63.2 Å². The van der Waals surface area contributed by atoms with E-state index < -0.39 is 60.8 Å². The van der Waals surface area contributed by atoms with Gasteiger partial charge in [0.05, 0.1) is 6.10 Å². The van der Waals surface area contributed by atoms with Crippen molar-refractivity contribution in [2.75, 3.05) is 0 Å². The average Bonchev–Trinajstić information content (AvgIpc) is 2.55. The van der Waals surface area contributed by atoms with Crippen molar-refractivity contribution < 1.29 is 35.5 Å². The molecular weight excluding hydrogens is 377 g/mol. The molecule has 158 valence electrons. The van der Waals surface area contributed by atoms with E-state index in [4.69, 9.17) is 4.74 Å². The molecule has 3 aliphatic rings. The quantitative estimate of drug-likeness (QED) is 0.518. The molecule has 0 bridgehead atoms. The number of rotatable bonds is 4. The third kappa shape index (κ3) is 4.91. The summed E-state index contributed by atoms with van der Waals surface area (Å²) in [6, 6.07) is 0. The van der Waals surface area contributed by atoms with E-state index in [1.807, 2.05) is 0 Å². The first-order valence-corrected chi connectivity index (χ1v) is 9.93. The fraction of sp³-hybridized carbons (Fsp3) is 1.00. The van der Waals surface area contributed by atoms with Crippen LogP contribution >= 0.6 is 0 Å². The fourth-order valence-corrected chi connectivity index (χ4v) is 5.03. The Morgan fingerprint density at radius 3 is 1.74 bits per heavy atom. The third-order valence-electron chi connectivity index (χ3n) is 6.52. The molecule has 3 saturated carbocycles. The Bertz CT molecular complexity index is 471. The Balaban J connectivity index is 1.61. The van der Waals surface area contributed by atoms with E-state index in [0.29, 0.717) is 0 Å². The maximum atomic E-state index is 14.6. The van der Waals surface area contributed by atoms with Crippen LogP contribution in [0, 0.1) is 17.8 Å². The van der Waals surface area contributed by atoms with Crippen LogP contribution < -0.4 is 0 Å². The summed E-state index contributed by atoms with van der Waals surface area (Å²) < 4.78 is 103. The Kier molecular flexibility index (Phi) is 6.63. The lowest BCUT2D eigenvalue weighted by Crippen LogP contribution is -2.51. The van der Waals surface area contributed by atoms with Crippen LogP contribution in [0.4, 0.5) is 30.7 Å². The lowest BCUT2D eigenvalue weighted by atomic mass is 9.68. The second-order valence-corrected chi connectivity index (χ2v) is 8.43. The van der Waals surface area contributed by atoms with Gasteiger partial charge >= 0.3 is 6.11 Å². The number of ether oxygens (including phenoxy) is 1. The summed E-state index contributed by atoms with van der Waals surface area (Å²) in [7, 11) is 0. The predicted octanol–water partition coefficient (Wildman–Crippen LogP) is 6.06. The zero-order valence-electron chi connectivity index (χ0n) is 15.1. The van der Waals surface area contributed by atoms with Gasteiger partial charge in [0.1, 0.15) is 36.8 Å².